The molecule has 6 heteroatoms. The Hall–Kier alpha value is -0.460. The summed E-state index contributed by atoms with van der Waals surface area (Å²) in [5.74, 6) is -0.597. The summed E-state index contributed by atoms with van der Waals surface area (Å²) in [7, 11) is -3.41. The zero-order valence-electron chi connectivity index (χ0n) is 8.60. The summed E-state index contributed by atoms with van der Waals surface area (Å²) in [6.07, 6.45) is -1.28. The molecular weight excluding hydrogens is 299 g/mol. The molecule has 0 radical (unpaired) electrons. The van der Waals surface area contributed by atoms with Gasteiger partial charge in [-0.25, -0.2) is 12.8 Å². The van der Waals surface area contributed by atoms with Gasteiger partial charge in [-0.15, -0.1) is 0 Å². The van der Waals surface area contributed by atoms with Crippen LogP contribution in [0.1, 0.15) is 18.6 Å². The molecule has 0 bridgehead atoms. The average Bonchev–Trinajstić information content (AvgIpc) is 2.27. The number of sulfone groups is 1. The Bertz CT molecular complexity index is 461. The van der Waals surface area contributed by atoms with Crippen LogP contribution in [0.2, 0.25) is 0 Å². The monoisotopic (exact) mass is 310 g/mol. The number of hydrogen-bond donors (Lipinski definition) is 1. The van der Waals surface area contributed by atoms with Gasteiger partial charge in [0.2, 0.25) is 0 Å². The largest absolute Gasteiger partial charge is 0.386 e. The second-order valence-corrected chi connectivity index (χ2v) is 7.31. The Labute approximate surface area is 102 Å². The molecule has 0 amide bonds. The first-order chi connectivity index (χ1) is 7.38. The van der Waals surface area contributed by atoms with Crippen LogP contribution in [0.4, 0.5) is 4.39 Å². The molecule has 2 atom stereocenters. The molecule has 3 nitrogen and oxygen atoms in total. The zero-order chi connectivity index (χ0) is 12.3. The van der Waals surface area contributed by atoms with Gasteiger partial charge in [0.05, 0.1) is 0 Å². The van der Waals surface area contributed by atoms with E-state index in [2.05, 4.69) is 15.9 Å². The normalized spacial score (nSPS) is 15.8. The Morgan fingerprint density at radius 1 is 1.50 bits per heavy atom. The predicted molar refractivity (Wildman–Crippen MR) is 63.5 cm³/mol. The fraction of sp³-hybridized carbons (Fsp3) is 0.400. The van der Waals surface area contributed by atoms with Crippen LogP contribution in [0, 0.1) is 5.82 Å². The second kappa shape index (κ2) is 5.25. The SMILES string of the molecule is CCS(=O)(=O)[C@@H](Br)[C@H](O)c1cccc(F)c1. The van der Waals surface area contributed by atoms with Gasteiger partial charge in [-0.1, -0.05) is 35.0 Å². The van der Waals surface area contributed by atoms with Gasteiger partial charge in [0.1, 0.15) is 16.1 Å². The number of aliphatic hydroxyl groups excluding tert-OH is 1. The third-order valence-corrected chi connectivity index (χ3v) is 6.14. The Kier molecular flexibility index (Phi) is 4.46. The number of aliphatic hydroxyl groups is 1. The molecule has 0 spiro atoms. The average molecular weight is 311 g/mol. The summed E-state index contributed by atoms with van der Waals surface area (Å²) >= 11 is 2.93. The van der Waals surface area contributed by atoms with Crippen molar-refractivity contribution in [2.75, 3.05) is 5.75 Å². The van der Waals surface area contributed by atoms with E-state index in [4.69, 9.17) is 0 Å². The van der Waals surface area contributed by atoms with Crippen LogP contribution in [-0.2, 0) is 9.84 Å². The van der Waals surface area contributed by atoms with Crippen LogP contribution in [0.5, 0.6) is 0 Å². The topological polar surface area (TPSA) is 54.4 Å². The summed E-state index contributed by atoms with van der Waals surface area (Å²) in [6.45, 7) is 1.49. The summed E-state index contributed by atoms with van der Waals surface area (Å²) < 4.78 is 34.8. The van der Waals surface area contributed by atoms with Gasteiger partial charge in [0.15, 0.2) is 9.84 Å². The molecule has 16 heavy (non-hydrogen) atoms. The van der Waals surface area contributed by atoms with Crippen molar-refractivity contribution < 1.29 is 17.9 Å². The molecule has 0 saturated carbocycles. The highest BCUT2D eigenvalue weighted by atomic mass is 79.9. The highest BCUT2D eigenvalue weighted by Gasteiger charge is 2.29. The summed E-state index contributed by atoms with van der Waals surface area (Å²) in [4.78, 5) is 0. The van der Waals surface area contributed by atoms with Crippen LogP contribution in [0.3, 0.4) is 0 Å². The molecule has 1 N–H and O–H groups in total. The smallest absolute Gasteiger partial charge is 0.165 e. The van der Waals surface area contributed by atoms with Gasteiger partial charge in [0, 0.05) is 5.75 Å². The van der Waals surface area contributed by atoms with Gasteiger partial charge < -0.3 is 5.11 Å². The standard InChI is InChI=1S/C10H12BrFO3S/c1-2-16(14,15)10(11)9(13)7-4-3-5-8(12)6-7/h3-6,9-10,13H,2H2,1H3/t9-,10-/m1/s1. The van der Waals surface area contributed by atoms with E-state index in [0.29, 0.717) is 0 Å². The van der Waals surface area contributed by atoms with Gasteiger partial charge in [-0.05, 0) is 17.7 Å². The van der Waals surface area contributed by atoms with Gasteiger partial charge >= 0.3 is 0 Å². The lowest BCUT2D eigenvalue weighted by molar-refractivity contribution is 0.194. The highest BCUT2D eigenvalue weighted by molar-refractivity contribution is 9.11. The Morgan fingerprint density at radius 3 is 2.62 bits per heavy atom. The third kappa shape index (κ3) is 3.02. The van der Waals surface area contributed by atoms with Crippen molar-refractivity contribution in [2.45, 2.75) is 17.2 Å². The quantitative estimate of drug-likeness (QED) is 0.866. The first-order valence-electron chi connectivity index (χ1n) is 4.67. The maximum atomic E-state index is 12.9. The number of alkyl halides is 1. The minimum absolute atomic E-state index is 0.0880. The minimum Gasteiger partial charge on any atom is -0.386 e. The van der Waals surface area contributed by atoms with E-state index in [0.717, 1.165) is 6.07 Å². The maximum Gasteiger partial charge on any atom is 0.165 e. The van der Waals surface area contributed by atoms with Crippen molar-refractivity contribution >= 4 is 25.8 Å². The lowest BCUT2D eigenvalue weighted by Crippen LogP contribution is -2.24. The third-order valence-electron chi connectivity index (χ3n) is 2.18. The van der Waals surface area contributed by atoms with E-state index in [9.17, 15) is 17.9 Å². The van der Waals surface area contributed by atoms with Crippen LogP contribution in [-0.4, -0.2) is 23.4 Å². The molecular formula is C10H12BrFO3S. The van der Waals surface area contributed by atoms with Crippen LogP contribution in [0.15, 0.2) is 24.3 Å². The molecule has 0 aliphatic heterocycles. The van der Waals surface area contributed by atoms with E-state index in [1.807, 2.05) is 0 Å². The summed E-state index contributed by atoms with van der Waals surface area (Å²) in [6, 6.07) is 5.25. The van der Waals surface area contributed by atoms with E-state index < -0.39 is 25.9 Å². The molecule has 0 aromatic heterocycles. The molecule has 90 valence electrons. The number of benzene rings is 1. The first-order valence-corrected chi connectivity index (χ1v) is 7.30. The molecule has 0 aliphatic carbocycles. The predicted octanol–water partition coefficient (Wildman–Crippen LogP) is 2.01. The molecule has 0 fully saturated rings. The van der Waals surface area contributed by atoms with Crippen molar-refractivity contribution in [3.63, 3.8) is 0 Å². The molecule has 0 heterocycles. The summed E-state index contributed by atoms with van der Waals surface area (Å²) in [5, 5.41) is 9.79. The molecule has 1 aromatic carbocycles. The highest BCUT2D eigenvalue weighted by Crippen LogP contribution is 2.27. The van der Waals surface area contributed by atoms with Gasteiger partial charge in [0.25, 0.3) is 0 Å². The van der Waals surface area contributed by atoms with E-state index in [-0.39, 0.29) is 11.3 Å². The Morgan fingerprint density at radius 2 is 2.12 bits per heavy atom. The van der Waals surface area contributed by atoms with Crippen LogP contribution >= 0.6 is 15.9 Å². The van der Waals surface area contributed by atoms with E-state index in [1.54, 1.807) is 0 Å². The fourth-order valence-electron chi connectivity index (χ4n) is 1.20. The van der Waals surface area contributed by atoms with Gasteiger partial charge in [-0.2, -0.15) is 0 Å². The van der Waals surface area contributed by atoms with Crippen molar-refractivity contribution in [1.82, 2.24) is 0 Å². The van der Waals surface area contributed by atoms with Crippen LogP contribution in [0.25, 0.3) is 0 Å². The van der Waals surface area contributed by atoms with Crippen LogP contribution < -0.4 is 0 Å². The molecule has 1 rings (SSSR count). The zero-order valence-corrected chi connectivity index (χ0v) is 11.0. The first kappa shape index (κ1) is 13.6. The second-order valence-electron chi connectivity index (χ2n) is 3.30. The molecule has 0 aliphatic rings. The van der Waals surface area contributed by atoms with Gasteiger partial charge in [-0.3, -0.25) is 0 Å². The van der Waals surface area contributed by atoms with Crippen molar-refractivity contribution in [3.05, 3.63) is 35.6 Å². The van der Waals surface area contributed by atoms with Crippen molar-refractivity contribution in [2.24, 2.45) is 0 Å². The Balaban J connectivity index is 2.99. The number of halogens is 2. The molecule has 1 aromatic rings. The van der Waals surface area contributed by atoms with Crippen molar-refractivity contribution in [3.8, 4) is 0 Å². The minimum atomic E-state index is -3.41. The lowest BCUT2D eigenvalue weighted by Gasteiger charge is -2.17. The summed E-state index contributed by atoms with van der Waals surface area (Å²) in [5.41, 5.74) is 0.235. The fourth-order valence-corrected chi connectivity index (χ4v) is 3.16. The van der Waals surface area contributed by atoms with E-state index >= 15 is 0 Å². The maximum absolute atomic E-state index is 12.9. The number of hydrogen-bond acceptors (Lipinski definition) is 3. The van der Waals surface area contributed by atoms with Crippen molar-refractivity contribution in [1.29, 1.82) is 0 Å². The lowest BCUT2D eigenvalue weighted by atomic mass is 10.1. The molecule has 0 saturated heterocycles. The van der Waals surface area contributed by atoms with E-state index in [1.165, 1.54) is 25.1 Å². The number of rotatable bonds is 4. The molecule has 0 unspecified atom stereocenters.